The number of benzene rings is 1. The van der Waals surface area contributed by atoms with Crippen molar-refractivity contribution in [1.29, 1.82) is 0 Å². The van der Waals surface area contributed by atoms with Gasteiger partial charge < -0.3 is 5.32 Å². The van der Waals surface area contributed by atoms with E-state index in [1.54, 1.807) is 11.2 Å². The van der Waals surface area contributed by atoms with Crippen LogP contribution in [0, 0.1) is 24.6 Å². The van der Waals surface area contributed by atoms with Crippen LogP contribution in [0.15, 0.2) is 23.1 Å². The lowest BCUT2D eigenvalue weighted by molar-refractivity contribution is 0.328. The highest BCUT2D eigenvalue weighted by Gasteiger charge is 2.48. The minimum atomic E-state index is -3.63. The number of fused-ring (bicyclic) bond motifs is 1. The van der Waals surface area contributed by atoms with Gasteiger partial charge in [0.05, 0.1) is 4.90 Å². The number of sulfonamides is 1. The fourth-order valence-electron chi connectivity index (χ4n) is 3.74. The first kappa shape index (κ1) is 14.9. The van der Waals surface area contributed by atoms with E-state index in [2.05, 4.69) is 5.32 Å². The van der Waals surface area contributed by atoms with E-state index in [9.17, 15) is 12.8 Å². The fourth-order valence-corrected chi connectivity index (χ4v) is 5.78. The molecule has 0 amide bonds. The molecule has 3 unspecified atom stereocenters. The normalized spacial score (nSPS) is 29.8. The number of aryl methyl sites for hydroxylation is 1. The van der Waals surface area contributed by atoms with E-state index in [0.717, 1.165) is 25.6 Å². The van der Waals surface area contributed by atoms with Crippen molar-refractivity contribution in [3.8, 4) is 0 Å². The third-order valence-corrected chi connectivity index (χ3v) is 6.86. The third kappa shape index (κ3) is 2.39. The summed E-state index contributed by atoms with van der Waals surface area (Å²) >= 11 is 0. The molecule has 4 nitrogen and oxygen atoms in total. The predicted molar refractivity (Wildman–Crippen MR) is 79.0 cm³/mol. The van der Waals surface area contributed by atoms with Crippen molar-refractivity contribution in [1.82, 2.24) is 9.62 Å². The van der Waals surface area contributed by atoms with E-state index in [1.807, 2.05) is 6.92 Å². The molecule has 2 saturated heterocycles. The van der Waals surface area contributed by atoms with E-state index in [4.69, 9.17) is 0 Å². The molecule has 2 fully saturated rings. The Labute approximate surface area is 125 Å². The Morgan fingerprint density at radius 3 is 2.86 bits per heavy atom. The number of hydrogen-bond donors (Lipinski definition) is 1. The average Bonchev–Trinajstić information content (AvgIpc) is 3.01. The van der Waals surface area contributed by atoms with Crippen LogP contribution in [-0.2, 0) is 10.0 Å². The highest BCUT2D eigenvalue weighted by atomic mass is 32.2. The third-order valence-electron chi connectivity index (χ3n) is 4.83. The van der Waals surface area contributed by atoms with E-state index in [-0.39, 0.29) is 10.9 Å². The van der Waals surface area contributed by atoms with Gasteiger partial charge in [0.25, 0.3) is 0 Å². The van der Waals surface area contributed by atoms with Crippen LogP contribution in [0.5, 0.6) is 0 Å². The number of rotatable bonds is 3. The summed E-state index contributed by atoms with van der Waals surface area (Å²) in [6, 6.07) is 3.98. The summed E-state index contributed by atoms with van der Waals surface area (Å²) in [7, 11) is -3.63. The Balaban J connectivity index is 2.00. The lowest BCUT2D eigenvalue weighted by atomic mass is 9.93. The van der Waals surface area contributed by atoms with Crippen molar-refractivity contribution in [3.63, 3.8) is 0 Å². The number of nitrogens with zero attached hydrogens (tertiary/aromatic N) is 1. The van der Waals surface area contributed by atoms with Gasteiger partial charge in [-0.3, -0.25) is 0 Å². The van der Waals surface area contributed by atoms with Crippen LogP contribution >= 0.6 is 0 Å². The molecule has 0 radical (unpaired) electrons. The molecule has 116 valence electrons. The molecule has 0 bridgehead atoms. The molecular formula is C15H21FN2O2S. The SMILES string of the molecule is CCC1C2CNCC2CN1S(=O)(=O)c1cc(F)ccc1C. The maximum atomic E-state index is 13.5. The average molecular weight is 312 g/mol. The van der Waals surface area contributed by atoms with Crippen molar-refractivity contribution in [3.05, 3.63) is 29.6 Å². The van der Waals surface area contributed by atoms with E-state index >= 15 is 0 Å². The Kier molecular flexibility index (Phi) is 3.80. The van der Waals surface area contributed by atoms with Gasteiger partial charge in [0, 0.05) is 12.6 Å². The monoisotopic (exact) mass is 312 g/mol. The molecule has 21 heavy (non-hydrogen) atoms. The zero-order valence-corrected chi connectivity index (χ0v) is 13.2. The molecule has 0 spiro atoms. The second kappa shape index (κ2) is 5.34. The van der Waals surface area contributed by atoms with Crippen molar-refractivity contribution in [2.75, 3.05) is 19.6 Å². The smallest absolute Gasteiger partial charge is 0.243 e. The summed E-state index contributed by atoms with van der Waals surface area (Å²) in [5, 5.41) is 3.34. The quantitative estimate of drug-likeness (QED) is 0.925. The second-order valence-corrected chi connectivity index (χ2v) is 7.90. The summed E-state index contributed by atoms with van der Waals surface area (Å²) in [6.07, 6.45) is 0.788. The maximum absolute atomic E-state index is 13.5. The Hall–Kier alpha value is -0.980. The Morgan fingerprint density at radius 2 is 2.14 bits per heavy atom. The van der Waals surface area contributed by atoms with Gasteiger partial charge in [0.1, 0.15) is 5.82 Å². The fraction of sp³-hybridized carbons (Fsp3) is 0.600. The molecule has 6 heteroatoms. The van der Waals surface area contributed by atoms with Gasteiger partial charge in [-0.05, 0) is 56.0 Å². The Morgan fingerprint density at radius 1 is 1.38 bits per heavy atom. The summed E-state index contributed by atoms with van der Waals surface area (Å²) in [4.78, 5) is 0.105. The second-order valence-electron chi connectivity index (χ2n) is 6.04. The van der Waals surface area contributed by atoms with Gasteiger partial charge >= 0.3 is 0 Å². The van der Waals surface area contributed by atoms with Crippen LogP contribution < -0.4 is 5.32 Å². The van der Waals surface area contributed by atoms with Gasteiger partial charge in [0.2, 0.25) is 10.0 Å². The van der Waals surface area contributed by atoms with Gasteiger partial charge in [-0.25, -0.2) is 12.8 Å². The minimum Gasteiger partial charge on any atom is -0.316 e. The van der Waals surface area contributed by atoms with Crippen LogP contribution in [0.25, 0.3) is 0 Å². The molecule has 2 aliphatic heterocycles. The van der Waals surface area contributed by atoms with Gasteiger partial charge in [-0.15, -0.1) is 0 Å². The van der Waals surface area contributed by atoms with E-state index in [1.165, 1.54) is 12.1 Å². The predicted octanol–water partition coefficient (Wildman–Crippen LogP) is 1.75. The molecule has 3 atom stereocenters. The molecule has 1 aromatic carbocycles. The molecule has 2 heterocycles. The molecule has 0 aromatic heterocycles. The number of nitrogens with one attached hydrogen (secondary N) is 1. The van der Waals surface area contributed by atoms with Crippen LogP contribution in [0.3, 0.4) is 0 Å². The van der Waals surface area contributed by atoms with Crippen LogP contribution in [-0.4, -0.2) is 38.4 Å². The van der Waals surface area contributed by atoms with Crippen LogP contribution in [0.4, 0.5) is 4.39 Å². The van der Waals surface area contributed by atoms with E-state index in [0.29, 0.717) is 23.9 Å². The van der Waals surface area contributed by atoms with Crippen molar-refractivity contribution >= 4 is 10.0 Å². The highest BCUT2D eigenvalue weighted by molar-refractivity contribution is 7.89. The van der Waals surface area contributed by atoms with Gasteiger partial charge in [0.15, 0.2) is 0 Å². The van der Waals surface area contributed by atoms with Crippen molar-refractivity contribution in [2.45, 2.75) is 31.2 Å². The number of halogens is 1. The maximum Gasteiger partial charge on any atom is 0.243 e. The Bertz CT molecular complexity index is 647. The molecule has 1 aromatic rings. The minimum absolute atomic E-state index is 0.0117. The lowest BCUT2D eigenvalue weighted by Gasteiger charge is -2.26. The summed E-state index contributed by atoms with van der Waals surface area (Å²) in [5.41, 5.74) is 0.599. The lowest BCUT2D eigenvalue weighted by Crippen LogP contribution is -2.39. The first-order valence-corrected chi connectivity index (χ1v) is 8.88. The summed E-state index contributed by atoms with van der Waals surface area (Å²) in [5.74, 6) is 0.241. The number of hydrogen-bond acceptors (Lipinski definition) is 3. The largest absolute Gasteiger partial charge is 0.316 e. The van der Waals surface area contributed by atoms with Crippen LogP contribution in [0.2, 0.25) is 0 Å². The van der Waals surface area contributed by atoms with Gasteiger partial charge in [-0.2, -0.15) is 4.31 Å². The summed E-state index contributed by atoms with van der Waals surface area (Å²) < 4.78 is 41.0. The van der Waals surface area contributed by atoms with Crippen molar-refractivity contribution < 1.29 is 12.8 Å². The highest BCUT2D eigenvalue weighted by Crippen LogP contribution is 2.38. The topological polar surface area (TPSA) is 49.4 Å². The van der Waals surface area contributed by atoms with Gasteiger partial charge in [-0.1, -0.05) is 13.0 Å². The summed E-state index contributed by atoms with van der Waals surface area (Å²) in [6.45, 7) is 6.01. The standard InChI is InChI=1S/C15H21FN2O2S/c1-3-14-13-8-17-7-11(13)9-18(14)21(19,20)15-6-12(16)5-4-10(15)2/h4-6,11,13-14,17H,3,7-9H2,1-2H3. The first-order chi connectivity index (χ1) is 9.95. The molecule has 2 aliphatic rings. The van der Waals surface area contributed by atoms with Crippen molar-refractivity contribution in [2.24, 2.45) is 11.8 Å². The zero-order chi connectivity index (χ0) is 15.2. The zero-order valence-electron chi connectivity index (χ0n) is 12.3. The first-order valence-electron chi connectivity index (χ1n) is 7.44. The molecular weight excluding hydrogens is 291 g/mol. The molecule has 0 saturated carbocycles. The molecule has 1 N–H and O–H groups in total. The molecule has 3 rings (SSSR count). The molecule has 0 aliphatic carbocycles. The van der Waals surface area contributed by atoms with E-state index < -0.39 is 15.8 Å². The van der Waals surface area contributed by atoms with Crippen LogP contribution in [0.1, 0.15) is 18.9 Å².